The predicted octanol–water partition coefficient (Wildman–Crippen LogP) is 9.00. The average molecular weight is 1000 g/mol. The van der Waals surface area contributed by atoms with Gasteiger partial charge in [-0.1, -0.05) is 64.3 Å². The van der Waals surface area contributed by atoms with Crippen molar-refractivity contribution in [3.63, 3.8) is 0 Å². The normalized spacial score (nSPS) is 28.8. The van der Waals surface area contributed by atoms with E-state index in [-0.39, 0.29) is 47.8 Å². The summed E-state index contributed by atoms with van der Waals surface area (Å²) in [6.07, 6.45) is 18.4. The van der Waals surface area contributed by atoms with E-state index < -0.39 is 12.0 Å². The number of methoxy groups -OCH3 is 2. The third-order valence-electron chi connectivity index (χ3n) is 16.4. The van der Waals surface area contributed by atoms with Crippen LogP contribution in [0.4, 0.5) is 0 Å². The van der Waals surface area contributed by atoms with E-state index >= 15 is 0 Å². The molecule has 0 radical (unpaired) electrons. The van der Waals surface area contributed by atoms with Gasteiger partial charge in [0.2, 0.25) is 0 Å². The summed E-state index contributed by atoms with van der Waals surface area (Å²) in [6, 6.07) is 8.24. The highest BCUT2D eigenvalue weighted by atomic mass is 33.1. The van der Waals surface area contributed by atoms with Gasteiger partial charge in [0.05, 0.1) is 30.9 Å². The summed E-state index contributed by atoms with van der Waals surface area (Å²) in [4.78, 5) is 12.9. The van der Waals surface area contributed by atoms with E-state index in [1.165, 1.54) is 19.8 Å². The second-order valence-electron chi connectivity index (χ2n) is 21.1. The van der Waals surface area contributed by atoms with Gasteiger partial charge in [0.1, 0.15) is 36.1 Å². The van der Waals surface area contributed by atoms with Crippen molar-refractivity contribution >= 4 is 33.6 Å². The Morgan fingerprint density at radius 2 is 1.93 bits per heavy atom. The van der Waals surface area contributed by atoms with Crippen molar-refractivity contribution in [1.82, 2.24) is 16.0 Å². The second-order valence-corrected chi connectivity index (χ2v) is 23.6. The molecule has 8 aliphatic rings. The second kappa shape index (κ2) is 20.6. The van der Waals surface area contributed by atoms with Gasteiger partial charge in [-0.05, 0) is 123 Å². The minimum atomic E-state index is -0.661. The summed E-state index contributed by atoms with van der Waals surface area (Å²) in [7, 11) is 7.19. The first-order valence-electron chi connectivity index (χ1n) is 25.9. The van der Waals surface area contributed by atoms with Gasteiger partial charge in [0.25, 0.3) is 0 Å². The van der Waals surface area contributed by atoms with Gasteiger partial charge < -0.3 is 55.6 Å². The van der Waals surface area contributed by atoms with E-state index in [2.05, 4.69) is 58.2 Å². The number of carbonyl (C=O) groups is 1. The van der Waals surface area contributed by atoms with E-state index in [0.29, 0.717) is 60.9 Å². The molecule has 3 fully saturated rings. The number of esters is 1. The standard InChI is InChI=1S/C57H68N4O8S2/c1-32(62)67-29-44-40-13-14-41-50-36(24-38(63)25-47(50)66-3)27-57-19-18-33(26-57)22-35-12-17-49(58)61-45(35)11-7-10-39-43(28-59-20-4-5-21-65-2)53(64)56-42(51(39)54(44)69-55(40)52(41)57)15-16-46-48(68-56)31-71-70-30-34-8-6-9-37(23-34)60-46/h12-17,24-25,33-34,37,44,46,48-49,54,59-61,63-64H,4-6,8-10,18-23,26-31,58H2,1-3H3. The van der Waals surface area contributed by atoms with E-state index in [1.54, 1.807) is 20.3 Å². The van der Waals surface area contributed by atoms with E-state index in [1.807, 2.05) is 33.7 Å². The van der Waals surface area contributed by atoms with Crippen molar-refractivity contribution in [2.24, 2.45) is 17.6 Å². The Kier molecular flexibility index (Phi) is 14.1. The number of unbranched alkanes of at least 4 members (excludes halogenated alkanes) is 1. The molecule has 11 rings (SSSR count). The van der Waals surface area contributed by atoms with Gasteiger partial charge in [-0.25, -0.2) is 0 Å². The molecule has 9 atom stereocenters. The van der Waals surface area contributed by atoms with E-state index in [9.17, 15) is 15.0 Å². The van der Waals surface area contributed by atoms with Crippen LogP contribution in [0.25, 0.3) is 17.2 Å². The van der Waals surface area contributed by atoms with Crippen LogP contribution in [-0.2, 0) is 39.1 Å². The highest BCUT2D eigenvalue weighted by Gasteiger charge is 2.52. The van der Waals surface area contributed by atoms with Gasteiger partial charge in [-0.15, -0.1) is 0 Å². The number of benzene rings is 3. The molecule has 0 aromatic heterocycles. The van der Waals surface area contributed by atoms with Crippen molar-refractivity contribution in [2.75, 3.05) is 45.5 Å². The molecule has 1 saturated heterocycles. The van der Waals surface area contributed by atoms with Crippen LogP contribution in [-0.4, -0.2) is 86.0 Å². The van der Waals surface area contributed by atoms with Crippen LogP contribution in [0, 0.1) is 23.7 Å². The summed E-state index contributed by atoms with van der Waals surface area (Å²) < 4.78 is 32.6. The lowest BCUT2D eigenvalue weighted by Gasteiger charge is -2.39. The number of phenolic OH excluding ortho intramolecular Hbond substituents is 2. The minimum Gasteiger partial charge on any atom is -0.508 e. The van der Waals surface area contributed by atoms with Crippen LogP contribution in [0.2, 0.25) is 0 Å². The Hall–Kier alpha value is -4.75. The van der Waals surface area contributed by atoms with Crippen LogP contribution >= 0.6 is 21.6 Å². The summed E-state index contributed by atoms with van der Waals surface area (Å²) in [5.41, 5.74) is 16.6. The molecule has 71 heavy (non-hydrogen) atoms. The van der Waals surface area contributed by atoms with Crippen molar-refractivity contribution in [3.8, 4) is 51.7 Å². The number of aromatic hydroxyl groups is 2. The number of hydrogen-bond acceptors (Lipinski definition) is 14. The number of nitrogens with two attached hydrogens (primary N) is 1. The summed E-state index contributed by atoms with van der Waals surface area (Å²) in [6.45, 7) is 3.30. The number of phenols is 2. The monoisotopic (exact) mass is 1000 g/mol. The fraction of sp³-hybridized carbons (Fsp3) is 0.526. The van der Waals surface area contributed by atoms with Crippen LogP contribution in [0.1, 0.15) is 122 Å². The Morgan fingerprint density at radius 3 is 2.79 bits per heavy atom. The number of ether oxygens (including phenoxy) is 5. The fourth-order valence-corrected chi connectivity index (χ4v) is 15.9. The molecular formula is C57H68N4O8S2. The Bertz CT molecular complexity index is 2730. The lowest BCUT2D eigenvalue weighted by Crippen LogP contribution is -2.49. The van der Waals surface area contributed by atoms with Gasteiger partial charge in [-0.3, -0.25) is 4.79 Å². The smallest absolute Gasteiger partial charge is 0.302 e. The number of fused-ring (bicyclic) bond motifs is 11. The fourth-order valence-electron chi connectivity index (χ4n) is 13.3. The van der Waals surface area contributed by atoms with Gasteiger partial charge in [0, 0.05) is 96.0 Å². The van der Waals surface area contributed by atoms with Gasteiger partial charge in [-0.2, -0.15) is 0 Å². The molecule has 12 nitrogen and oxygen atoms in total. The number of allylic oxidation sites excluding steroid dienone is 3. The molecular weight excluding hydrogens is 933 g/mol. The molecule has 5 heterocycles. The first-order valence-corrected chi connectivity index (χ1v) is 28.4. The maximum absolute atomic E-state index is 12.9. The molecule has 3 aromatic rings. The zero-order valence-electron chi connectivity index (χ0n) is 41.2. The zero-order valence-corrected chi connectivity index (χ0v) is 42.8. The molecule has 3 aliphatic carbocycles. The van der Waals surface area contributed by atoms with Crippen LogP contribution < -0.4 is 35.9 Å². The molecule has 14 heteroatoms. The third-order valence-corrected chi connectivity index (χ3v) is 19.0. The minimum absolute atomic E-state index is 0.0848. The molecule has 7 N–H and O–H groups in total. The first kappa shape index (κ1) is 48.5. The molecule has 9 unspecified atom stereocenters. The van der Waals surface area contributed by atoms with E-state index in [4.69, 9.17) is 29.4 Å². The van der Waals surface area contributed by atoms with Gasteiger partial charge in [0.15, 0.2) is 11.5 Å². The first-order chi connectivity index (χ1) is 34.6. The Morgan fingerprint density at radius 1 is 1.04 bits per heavy atom. The highest BCUT2D eigenvalue weighted by Crippen LogP contribution is 2.63. The van der Waals surface area contributed by atoms with E-state index in [0.717, 1.165) is 131 Å². The lowest BCUT2D eigenvalue weighted by atomic mass is 9.65. The lowest BCUT2D eigenvalue weighted by molar-refractivity contribution is -0.141. The molecule has 5 aliphatic heterocycles. The van der Waals surface area contributed by atoms with Crippen molar-refractivity contribution in [2.45, 2.75) is 132 Å². The van der Waals surface area contributed by atoms with Crippen LogP contribution in [0.5, 0.6) is 28.7 Å². The Labute approximate surface area is 426 Å². The quantitative estimate of drug-likeness (QED) is 0.0493. The number of nitrogens with one attached hydrogen (secondary N) is 3. The zero-order chi connectivity index (χ0) is 48.8. The topological polar surface area (TPSA) is 166 Å². The molecule has 6 bridgehead atoms. The maximum atomic E-state index is 12.9. The van der Waals surface area contributed by atoms with Crippen LogP contribution in [0.3, 0.4) is 0 Å². The highest BCUT2D eigenvalue weighted by molar-refractivity contribution is 8.76. The van der Waals surface area contributed by atoms with Crippen LogP contribution in [0.15, 0.2) is 53.8 Å². The molecule has 2 saturated carbocycles. The molecule has 0 amide bonds. The number of carbonyl (C=O) groups excluding carboxylic acids is 1. The van der Waals surface area contributed by atoms with Crippen molar-refractivity contribution in [1.29, 1.82) is 0 Å². The maximum Gasteiger partial charge on any atom is 0.302 e. The molecule has 3 aromatic carbocycles. The van der Waals surface area contributed by atoms with Crippen molar-refractivity contribution in [3.05, 3.63) is 92.7 Å². The molecule has 1 spiro atoms. The number of hydrogen-bond donors (Lipinski definition) is 6. The average Bonchev–Trinajstić information content (AvgIpc) is 3.87. The third kappa shape index (κ3) is 9.44. The SMILES string of the molecule is COCCCCNCc1c(O)c2c(c3c1CC#CC1=C(C=CC(N)N1)CC1CCC4(Cc5cc(O)cc(OC)c5-c5ccc6c(c54)OC3C6COC(C)=O)C1)C=CC1NC3CCCC(CSSCC1O2)C3. The number of rotatable bonds is 10. The van der Waals surface area contributed by atoms with Gasteiger partial charge >= 0.3 is 5.97 Å². The molecule has 376 valence electrons. The summed E-state index contributed by atoms with van der Waals surface area (Å²) in [5, 5.41) is 35.3. The largest absolute Gasteiger partial charge is 0.508 e. The predicted molar refractivity (Wildman–Crippen MR) is 281 cm³/mol. The summed E-state index contributed by atoms with van der Waals surface area (Å²) in [5.74, 6) is 11.4. The summed E-state index contributed by atoms with van der Waals surface area (Å²) >= 11 is 0. The Balaban J connectivity index is 1.15. The van der Waals surface area contributed by atoms with Crippen molar-refractivity contribution < 1.29 is 38.7 Å². The number of dihydropyridines is 1.